The Bertz CT molecular complexity index is 856. The number of ether oxygens (including phenoxy) is 1. The summed E-state index contributed by atoms with van der Waals surface area (Å²) in [6.07, 6.45) is -0.332. The van der Waals surface area contributed by atoms with E-state index in [1.165, 1.54) is 18.4 Å². The molecule has 2 rings (SSSR count). The van der Waals surface area contributed by atoms with Crippen molar-refractivity contribution < 1.29 is 17.9 Å². The first-order valence-corrected chi connectivity index (χ1v) is 10.8. The van der Waals surface area contributed by atoms with Gasteiger partial charge >= 0.3 is 6.09 Å². The summed E-state index contributed by atoms with van der Waals surface area (Å²) in [6, 6.07) is 6.91. The molecule has 1 saturated heterocycles. The molecule has 0 saturated carbocycles. The average molecular weight is 426 g/mol. The quantitative estimate of drug-likeness (QED) is 0.543. The summed E-state index contributed by atoms with van der Waals surface area (Å²) in [7, 11) is 1.12. The minimum atomic E-state index is -3.54. The zero-order valence-corrected chi connectivity index (χ0v) is 18.7. The first-order valence-electron chi connectivity index (χ1n) is 9.39. The molecule has 0 atom stereocenters. The molecule has 1 aliphatic rings. The molecule has 1 aliphatic heterocycles. The first kappa shape index (κ1) is 23.0. The highest BCUT2D eigenvalue weighted by atomic mass is 32.2. The highest BCUT2D eigenvalue weighted by Crippen LogP contribution is 2.18. The lowest BCUT2D eigenvalue weighted by atomic mass is 10.1. The number of nitrogens with one attached hydrogen (secondary N) is 2. The zero-order valence-electron chi connectivity index (χ0n) is 17.9. The minimum absolute atomic E-state index is 0.0504. The van der Waals surface area contributed by atoms with Crippen LogP contribution in [0.2, 0.25) is 0 Å². The molecule has 1 amide bonds. The van der Waals surface area contributed by atoms with Crippen molar-refractivity contribution in [1.29, 1.82) is 0 Å². The summed E-state index contributed by atoms with van der Waals surface area (Å²) < 4.78 is 31.5. The molecule has 1 aromatic rings. The number of hydrogen-bond acceptors (Lipinski definition) is 5. The number of guanidine groups is 1. The Hall–Kier alpha value is -2.33. The number of carbonyl (C=O) groups excluding carboxylic acids is 1. The van der Waals surface area contributed by atoms with Crippen LogP contribution in [-0.2, 0) is 21.3 Å². The van der Waals surface area contributed by atoms with E-state index < -0.39 is 15.6 Å². The molecule has 1 aromatic carbocycles. The van der Waals surface area contributed by atoms with Crippen LogP contribution in [0.4, 0.5) is 4.79 Å². The minimum Gasteiger partial charge on any atom is -0.444 e. The lowest BCUT2D eigenvalue weighted by Crippen LogP contribution is -2.63. The Morgan fingerprint density at radius 2 is 1.90 bits per heavy atom. The third-order valence-electron chi connectivity index (χ3n) is 4.28. The van der Waals surface area contributed by atoms with Crippen LogP contribution in [-0.4, -0.2) is 75.6 Å². The SMILES string of the molecule is CN=C(NCc1ccccc1S(=O)(=O)N(C)C)NC1CN(C(=O)OC(C)(C)C)C1. The number of rotatable bonds is 5. The Morgan fingerprint density at radius 3 is 2.45 bits per heavy atom. The molecule has 162 valence electrons. The van der Waals surface area contributed by atoms with E-state index in [-0.39, 0.29) is 17.0 Å². The second-order valence-corrected chi connectivity index (χ2v) is 10.2. The summed E-state index contributed by atoms with van der Waals surface area (Å²) in [4.78, 5) is 18.1. The van der Waals surface area contributed by atoms with Crippen LogP contribution in [0.5, 0.6) is 0 Å². The van der Waals surface area contributed by atoms with E-state index in [9.17, 15) is 13.2 Å². The number of amides is 1. The van der Waals surface area contributed by atoms with Crippen LogP contribution in [0.25, 0.3) is 0 Å². The molecule has 0 spiro atoms. The Kier molecular flexibility index (Phi) is 7.12. The summed E-state index contributed by atoms with van der Waals surface area (Å²) in [6.45, 7) is 6.83. The number of sulfonamides is 1. The van der Waals surface area contributed by atoms with E-state index in [1.807, 2.05) is 20.8 Å². The third-order valence-corrected chi connectivity index (χ3v) is 6.19. The van der Waals surface area contributed by atoms with E-state index in [2.05, 4.69) is 15.6 Å². The van der Waals surface area contributed by atoms with Crippen molar-refractivity contribution in [3.05, 3.63) is 29.8 Å². The van der Waals surface area contributed by atoms with Crippen LogP contribution in [0.15, 0.2) is 34.2 Å². The van der Waals surface area contributed by atoms with Gasteiger partial charge in [0, 0.05) is 40.8 Å². The molecular weight excluding hydrogens is 394 g/mol. The number of benzene rings is 1. The van der Waals surface area contributed by atoms with Gasteiger partial charge in [0.2, 0.25) is 10.0 Å². The lowest BCUT2D eigenvalue weighted by molar-refractivity contribution is 0.00701. The topological polar surface area (TPSA) is 103 Å². The van der Waals surface area contributed by atoms with E-state index in [4.69, 9.17) is 4.74 Å². The highest BCUT2D eigenvalue weighted by Gasteiger charge is 2.34. The molecule has 0 bridgehead atoms. The van der Waals surface area contributed by atoms with Gasteiger partial charge < -0.3 is 20.3 Å². The standard InChI is InChI=1S/C19H31N5O4S/c1-19(2,3)28-18(25)24-12-15(13-24)22-17(20-4)21-11-14-9-7-8-10-16(14)29(26,27)23(5)6/h7-10,15H,11-13H2,1-6H3,(H2,20,21,22). The Morgan fingerprint density at radius 1 is 1.28 bits per heavy atom. The highest BCUT2D eigenvalue weighted by molar-refractivity contribution is 7.89. The molecule has 0 unspecified atom stereocenters. The Labute approximate surface area is 173 Å². The van der Waals surface area contributed by atoms with Crippen molar-refractivity contribution in [3.8, 4) is 0 Å². The van der Waals surface area contributed by atoms with E-state index in [0.717, 1.165) is 0 Å². The predicted octanol–water partition coefficient (Wildman–Crippen LogP) is 1.22. The molecule has 9 nitrogen and oxygen atoms in total. The molecule has 1 fully saturated rings. The van der Waals surface area contributed by atoms with Gasteiger partial charge in [-0.25, -0.2) is 17.5 Å². The maximum atomic E-state index is 12.5. The smallest absolute Gasteiger partial charge is 0.410 e. The van der Waals surface area contributed by atoms with Gasteiger partial charge in [-0.3, -0.25) is 4.99 Å². The van der Waals surface area contributed by atoms with Crippen LogP contribution in [0.1, 0.15) is 26.3 Å². The van der Waals surface area contributed by atoms with E-state index in [0.29, 0.717) is 31.2 Å². The fourth-order valence-corrected chi connectivity index (χ4v) is 3.83. The Balaban J connectivity index is 1.92. The largest absolute Gasteiger partial charge is 0.444 e. The molecule has 1 heterocycles. The first-order chi connectivity index (χ1) is 13.4. The number of likely N-dealkylation sites (tertiary alicyclic amines) is 1. The maximum Gasteiger partial charge on any atom is 0.410 e. The maximum absolute atomic E-state index is 12.5. The fourth-order valence-electron chi connectivity index (χ4n) is 2.71. The van der Waals surface area contributed by atoms with Gasteiger partial charge in [-0.1, -0.05) is 18.2 Å². The fraction of sp³-hybridized carbons (Fsp3) is 0.579. The van der Waals surface area contributed by atoms with Gasteiger partial charge in [0.1, 0.15) is 5.60 Å². The van der Waals surface area contributed by atoms with Crippen molar-refractivity contribution >= 4 is 22.1 Å². The van der Waals surface area contributed by atoms with Gasteiger partial charge in [0.15, 0.2) is 5.96 Å². The summed E-state index contributed by atoms with van der Waals surface area (Å²) in [5, 5.41) is 6.37. The predicted molar refractivity (Wildman–Crippen MR) is 112 cm³/mol. The van der Waals surface area contributed by atoms with E-state index >= 15 is 0 Å². The van der Waals surface area contributed by atoms with Crippen molar-refractivity contribution in [1.82, 2.24) is 19.8 Å². The summed E-state index contributed by atoms with van der Waals surface area (Å²) >= 11 is 0. The monoisotopic (exact) mass is 425 g/mol. The second-order valence-electron chi connectivity index (χ2n) is 8.05. The van der Waals surface area contributed by atoms with Crippen LogP contribution >= 0.6 is 0 Å². The molecule has 0 aromatic heterocycles. The number of hydrogen-bond donors (Lipinski definition) is 2. The van der Waals surface area contributed by atoms with Gasteiger partial charge in [-0.2, -0.15) is 0 Å². The number of carbonyl (C=O) groups is 1. The van der Waals surface area contributed by atoms with Gasteiger partial charge in [-0.15, -0.1) is 0 Å². The van der Waals surface area contributed by atoms with E-state index in [1.54, 1.807) is 36.2 Å². The third kappa shape index (κ3) is 6.07. The summed E-state index contributed by atoms with van der Waals surface area (Å²) in [5.74, 6) is 0.538. The summed E-state index contributed by atoms with van der Waals surface area (Å²) in [5.41, 5.74) is 0.126. The van der Waals surface area contributed by atoms with Crippen LogP contribution in [0, 0.1) is 0 Å². The second kappa shape index (κ2) is 9.00. The normalized spacial score (nSPS) is 15.8. The molecule has 0 aliphatic carbocycles. The molecule has 29 heavy (non-hydrogen) atoms. The van der Waals surface area contributed by atoms with Crippen molar-refractivity contribution in [2.75, 3.05) is 34.2 Å². The van der Waals surface area contributed by atoms with Gasteiger partial charge in [0.05, 0.1) is 10.9 Å². The van der Waals surface area contributed by atoms with Gasteiger partial charge in [-0.05, 0) is 32.4 Å². The van der Waals surface area contributed by atoms with Crippen molar-refractivity contribution in [2.24, 2.45) is 4.99 Å². The number of nitrogens with zero attached hydrogens (tertiary/aromatic N) is 3. The number of aliphatic imine (C=N–C) groups is 1. The van der Waals surface area contributed by atoms with Crippen molar-refractivity contribution in [2.45, 2.75) is 43.9 Å². The average Bonchev–Trinajstić information content (AvgIpc) is 2.58. The lowest BCUT2D eigenvalue weighted by Gasteiger charge is -2.40. The van der Waals surface area contributed by atoms with Crippen LogP contribution in [0.3, 0.4) is 0 Å². The zero-order chi connectivity index (χ0) is 21.8. The molecule has 2 N–H and O–H groups in total. The molecular formula is C19H31N5O4S. The van der Waals surface area contributed by atoms with Gasteiger partial charge in [0.25, 0.3) is 0 Å². The molecule has 0 radical (unpaired) electrons. The molecule has 10 heteroatoms. The van der Waals surface area contributed by atoms with Crippen molar-refractivity contribution in [3.63, 3.8) is 0 Å². The van der Waals surface area contributed by atoms with Crippen LogP contribution < -0.4 is 10.6 Å².